The lowest BCUT2D eigenvalue weighted by Crippen LogP contribution is -2.55. The summed E-state index contributed by atoms with van der Waals surface area (Å²) in [6, 6.07) is 9.20. The summed E-state index contributed by atoms with van der Waals surface area (Å²) < 4.78 is 14.8. The topological polar surface area (TPSA) is 74.2 Å². The zero-order valence-electron chi connectivity index (χ0n) is 15.6. The molecule has 0 aliphatic carbocycles. The maximum absolute atomic E-state index is 14.8. The van der Waals surface area contributed by atoms with Crippen molar-refractivity contribution in [2.75, 3.05) is 11.9 Å². The zero-order valence-corrected chi connectivity index (χ0v) is 15.6. The van der Waals surface area contributed by atoms with Crippen molar-refractivity contribution in [2.45, 2.75) is 43.6 Å². The molecule has 144 valence electrons. The molecule has 2 saturated heterocycles. The number of fused-ring (bicyclic) bond motifs is 3. The van der Waals surface area contributed by atoms with Crippen molar-refractivity contribution in [3.63, 3.8) is 0 Å². The first-order chi connectivity index (χ1) is 13.6. The smallest absolute Gasteiger partial charge is 0.151 e. The van der Waals surface area contributed by atoms with Crippen LogP contribution >= 0.6 is 0 Å². The number of aromatic nitrogens is 3. The Kier molecular flexibility index (Phi) is 4.12. The molecule has 7 heteroatoms. The highest BCUT2D eigenvalue weighted by Crippen LogP contribution is 2.34. The van der Waals surface area contributed by atoms with Gasteiger partial charge in [0.25, 0.3) is 0 Å². The van der Waals surface area contributed by atoms with E-state index in [2.05, 4.69) is 20.5 Å². The monoisotopic (exact) mass is 379 g/mol. The summed E-state index contributed by atoms with van der Waals surface area (Å²) in [6.45, 7) is 0. The molecule has 2 bridgehead atoms. The number of nitrogens with one attached hydrogen (secondary N) is 1. The molecule has 1 aromatic carbocycles. The number of phenolic OH excluding ortho intramolecular Hbond substituents is 1. The minimum Gasteiger partial charge on any atom is -0.507 e. The highest BCUT2D eigenvalue weighted by molar-refractivity contribution is 5.89. The van der Waals surface area contributed by atoms with Crippen molar-refractivity contribution in [3.8, 4) is 17.0 Å². The summed E-state index contributed by atoms with van der Waals surface area (Å²) in [5.41, 5.74) is 1.17. The molecule has 5 rings (SSSR count). The number of benzene rings is 1. The van der Waals surface area contributed by atoms with Crippen LogP contribution in [0.15, 0.2) is 42.7 Å². The fourth-order valence-electron chi connectivity index (χ4n) is 4.50. The molecule has 0 saturated carbocycles. The number of alkyl halides is 1. The second kappa shape index (κ2) is 6.67. The van der Waals surface area contributed by atoms with Gasteiger partial charge in [0.05, 0.1) is 11.7 Å². The molecular weight excluding hydrogens is 357 g/mol. The number of hydrogen-bond donors (Lipinski definition) is 2. The van der Waals surface area contributed by atoms with E-state index in [0.29, 0.717) is 23.1 Å². The first kappa shape index (κ1) is 17.3. The van der Waals surface area contributed by atoms with E-state index in [9.17, 15) is 9.50 Å². The average molecular weight is 379 g/mol. The van der Waals surface area contributed by atoms with Crippen molar-refractivity contribution in [3.05, 3.63) is 42.7 Å². The van der Waals surface area contributed by atoms with Crippen molar-refractivity contribution in [1.82, 2.24) is 20.5 Å². The number of anilines is 1. The molecule has 0 spiro atoms. The molecule has 4 atom stereocenters. The summed E-state index contributed by atoms with van der Waals surface area (Å²) in [4.78, 5) is 6.03. The van der Waals surface area contributed by atoms with Crippen LogP contribution in [0.25, 0.3) is 22.0 Å². The predicted molar refractivity (Wildman–Crippen MR) is 106 cm³/mol. The third-order valence-electron chi connectivity index (χ3n) is 6.09. The van der Waals surface area contributed by atoms with Gasteiger partial charge in [-0.05, 0) is 55.0 Å². The van der Waals surface area contributed by atoms with Crippen molar-refractivity contribution in [1.29, 1.82) is 0 Å². The van der Waals surface area contributed by atoms with E-state index in [1.165, 1.54) is 0 Å². The highest BCUT2D eigenvalue weighted by Gasteiger charge is 2.43. The Morgan fingerprint density at radius 2 is 2.04 bits per heavy atom. The van der Waals surface area contributed by atoms with Gasteiger partial charge in [0.2, 0.25) is 0 Å². The molecule has 6 nitrogen and oxygen atoms in total. The van der Waals surface area contributed by atoms with Crippen LogP contribution in [0, 0.1) is 0 Å². The van der Waals surface area contributed by atoms with Gasteiger partial charge in [-0.1, -0.05) is 0 Å². The Labute approximate surface area is 162 Å². The molecule has 28 heavy (non-hydrogen) atoms. The molecule has 3 aromatic rings. The number of nitrogens with zero attached hydrogens (tertiary/aromatic N) is 4. The average Bonchev–Trinajstić information content (AvgIpc) is 3.13. The summed E-state index contributed by atoms with van der Waals surface area (Å²) in [5.74, 6) is 0.785. The summed E-state index contributed by atoms with van der Waals surface area (Å²) in [6.07, 6.45) is 5.24. The van der Waals surface area contributed by atoms with Crippen molar-refractivity contribution < 1.29 is 9.50 Å². The van der Waals surface area contributed by atoms with Crippen LogP contribution in [0.5, 0.6) is 5.75 Å². The van der Waals surface area contributed by atoms with Gasteiger partial charge in [0.1, 0.15) is 11.9 Å². The predicted octanol–water partition coefficient (Wildman–Crippen LogP) is 3.06. The number of pyridine rings is 1. The molecule has 0 amide bonds. The van der Waals surface area contributed by atoms with Crippen LogP contribution in [0.1, 0.15) is 19.3 Å². The molecular formula is C21H22FN5O. The maximum atomic E-state index is 14.8. The molecule has 2 N–H and O–H groups in total. The lowest BCUT2D eigenvalue weighted by Gasteiger charge is -2.38. The van der Waals surface area contributed by atoms with Crippen molar-refractivity contribution in [2.24, 2.45) is 0 Å². The maximum Gasteiger partial charge on any atom is 0.151 e. The van der Waals surface area contributed by atoms with Gasteiger partial charge in [0.15, 0.2) is 5.82 Å². The quantitative estimate of drug-likeness (QED) is 0.729. The van der Waals surface area contributed by atoms with E-state index >= 15 is 0 Å². The van der Waals surface area contributed by atoms with Gasteiger partial charge < -0.3 is 15.3 Å². The molecule has 2 aliphatic heterocycles. The standard InChI is InChI=1S/C21H22FN5O/c1-27(18-10-14-2-3-17(24-14)21(18)22)20-5-4-16(25-26-20)15-8-13-11-23-7-6-12(13)9-19(15)28/h4-9,11,14,17-18,21,24,28H,2-3,10H2,1H3/t14?,17?,18-,21+/m0/s1. The second-order valence-corrected chi connectivity index (χ2v) is 7.77. The van der Waals surface area contributed by atoms with Gasteiger partial charge in [0, 0.05) is 42.5 Å². The SMILES string of the molecule is CN(c1ccc(-c2cc3cnccc3cc2O)nn1)[C@H]1CC2CCC(N2)[C@H]1F. The minimum absolute atomic E-state index is 0.0541. The second-order valence-electron chi connectivity index (χ2n) is 7.77. The zero-order chi connectivity index (χ0) is 19.3. The van der Waals surface area contributed by atoms with E-state index in [4.69, 9.17) is 0 Å². The lowest BCUT2D eigenvalue weighted by atomic mass is 9.96. The number of halogens is 1. The van der Waals surface area contributed by atoms with Gasteiger partial charge in [-0.25, -0.2) is 4.39 Å². The van der Waals surface area contributed by atoms with Gasteiger partial charge in [-0.2, -0.15) is 0 Å². The number of phenols is 1. The Hall–Kier alpha value is -2.80. The first-order valence-corrected chi connectivity index (χ1v) is 9.64. The third-order valence-corrected chi connectivity index (χ3v) is 6.09. The van der Waals surface area contributed by atoms with Gasteiger partial charge in [-0.3, -0.25) is 4.98 Å². The Bertz CT molecular complexity index is 1010. The largest absolute Gasteiger partial charge is 0.507 e. The van der Waals surface area contributed by atoms with Gasteiger partial charge in [-0.15, -0.1) is 10.2 Å². The number of aromatic hydroxyl groups is 1. The van der Waals surface area contributed by atoms with Crippen LogP contribution in [-0.4, -0.2) is 51.6 Å². The summed E-state index contributed by atoms with van der Waals surface area (Å²) >= 11 is 0. The van der Waals surface area contributed by atoms with Crippen LogP contribution in [0.3, 0.4) is 0 Å². The molecule has 4 heterocycles. The first-order valence-electron chi connectivity index (χ1n) is 9.64. The molecule has 2 aliphatic rings. The number of piperidine rings is 1. The molecule has 2 aromatic heterocycles. The minimum atomic E-state index is -0.915. The lowest BCUT2D eigenvalue weighted by molar-refractivity contribution is 0.176. The van der Waals surface area contributed by atoms with Crippen LogP contribution < -0.4 is 10.2 Å². The van der Waals surface area contributed by atoms with Crippen molar-refractivity contribution >= 4 is 16.6 Å². The Balaban J connectivity index is 1.42. The third kappa shape index (κ3) is 2.86. The van der Waals surface area contributed by atoms with Crippen LogP contribution in [0.2, 0.25) is 0 Å². The fraction of sp³-hybridized carbons (Fsp3) is 0.381. The number of rotatable bonds is 3. The molecule has 2 fully saturated rings. The van der Waals surface area contributed by atoms with Crippen LogP contribution in [-0.2, 0) is 0 Å². The molecule has 0 radical (unpaired) electrons. The summed E-state index contributed by atoms with van der Waals surface area (Å²) in [5, 5.41) is 24.2. The highest BCUT2D eigenvalue weighted by atomic mass is 19.1. The molecule has 2 unspecified atom stereocenters. The summed E-state index contributed by atoms with van der Waals surface area (Å²) in [7, 11) is 1.88. The number of hydrogen-bond acceptors (Lipinski definition) is 6. The van der Waals surface area contributed by atoms with E-state index in [1.54, 1.807) is 18.5 Å². The van der Waals surface area contributed by atoms with Gasteiger partial charge >= 0.3 is 0 Å². The Morgan fingerprint density at radius 1 is 1.14 bits per heavy atom. The fourth-order valence-corrected chi connectivity index (χ4v) is 4.50. The van der Waals surface area contributed by atoms with E-state index in [1.807, 2.05) is 36.2 Å². The van der Waals surface area contributed by atoms with E-state index in [0.717, 1.165) is 30.0 Å². The van der Waals surface area contributed by atoms with Crippen LogP contribution in [0.4, 0.5) is 10.2 Å². The van der Waals surface area contributed by atoms with E-state index < -0.39 is 6.17 Å². The van der Waals surface area contributed by atoms with E-state index in [-0.39, 0.29) is 17.8 Å². The Morgan fingerprint density at radius 3 is 2.86 bits per heavy atom. The normalized spacial score (nSPS) is 26.5.